The minimum atomic E-state index is -0.367. The molecule has 4 amide bonds. The van der Waals surface area contributed by atoms with E-state index in [0.717, 1.165) is 33.4 Å². The standard InChI is InChI=1S/C59H51N11O4/c1-2-52(71)64-40-15-7-3-11-36(40)56-44-19-21-46(60-44)57-37-12-4-8-16-41(37)65-53(72)33-68-27-28-69-30-32-70(31-29-68)35-55(74)67-43-18-10-6-14-39(43)59(50-25-23-48(57)62-50)51-26-24-49(63-51)58(47-22-20-45(56)61-47)38-13-5-9-17-42(38)66-54(73)34-69/h2-26,60,63H,1,27-35H2,(H,64,71)(H,65,72)(H,66,73)(H,67,74). The molecule has 74 heavy (non-hydrogen) atoms. The van der Waals surface area contributed by atoms with Gasteiger partial charge in [0.05, 0.1) is 42.4 Å². The average Bonchev–Trinajstić information content (AvgIpc) is 4.26. The zero-order valence-electron chi connectivity index (χ0n) is 40.4. The van der Waals surface area contributed by atoms with Crippen LogP contribution in [-0.2, 0) is 19.2 Å². The maximum atomic E-state index is 14.5. The number of carbonyl (C=O) groups is 4. The van der Waals surface area contributed by atoms with Crippen molar-refractivity contribution in [3.05, 3.63) is 157 Å². The minimum Gasteiger partial charge on any atom is -0.354 e. The summed E-state index contributed by atoms with van der Waals surface area (Å²) in [6.45, 7) is 7.01. The molecule has 5 aliphatic heterocycles. The van der Waals surface area contributed by atoms with Gasteiger partial charge in [-0.3, -0.25) is 33.9 Å². The van der Waals surface area contributed by atoms with E-state index in [1.54, 1.807) is 0 Å². The SMILES string of the molecule is C=CC(=O)Nc1ccccc1-c1c2nc(c3c4ccc([nH]4)c4c5nc(c(c6ccc1[nH]6)-c1ccccc1NC(=O)CN1CCN(CCN(CC1)CC(=O)Nc1ccccc1-4)CC(=O)Nc1ccccc1-3)C=C5)C=C2. The van der Waals surface area contributed by atoms with E-state index in [4.69, 9.17) is 9.97 Å². The second kappa shape index (κ2) is 19.5. The molecule has 15 nitrogen and oxygen atoms in total. The number of para-hydroxylation sites is 4. The van der Waals surface area contributed by atoms with Gasteiger partial charge in [0.2, 0.25) is 23.6 Å². The van der Waals surface area contributed by atoms with E-state index in [1.807, 2.05) is 146 Å². The normalized spacial score (nSPS) is 18.3. The molecule has 8 heterocycles. The quantitative estimate of drug-likeness (QED) is 0.0941. The predicted molar refractivity (Wildman–Crippen MR) is 295 cm³/mol. The van der Waals surface area contributed by atoms with Gasteiger partial charge in [-0.1, -0.05) is 79.4 Å². The fraction of sp³-hybridized carbons (Fsp3) is 0.153. The largest absolute Gasteiger partial charge is 0.354 e. The molecule has 6 N–H and O–H groups in total. The average molecular weight is 978 g/mol. The lowest BCUT2D eigenvalue weighted by Crippen LogP contribution is -2.42. The van der Waals surface area contributed by atoms with Gasteiger partial charge < -0.3 is 31.2 Å². The second-order valence-electron chi connectivity index (χ2n) is 18.9. The lowest BCUT2D eigenvalue weighted by atomic mass is 10.0. The van der Waals surface area contributed by atoms with Crippen molar-refractivity contribution in [1.29, 1.82) is 0 Å². The minimum absolute atomic E-state index is 0.0688. The van der Waals surface area contributed by atoms with Crippen LogP contribution in [0.5, 0.6) is 0 Å². The zero-order chi connectivity index (χ0) is 50.3. The lowest BCUT2D eigenvalue weighted by Gasteiger charge is -2.25. The Hall–Kier alpha value is -9.02. The van der Waals surface area contributed by atoms with Gasteiger partial charge in [-0.2, -0.15) is 0 Å². The summed E-state index contributed by atoms with van der Waals surface area (Å²) < 4.78 is 0. The third-order valence-electron chi connectivity index (χ3n) is 14.1. The molecule has 15 heteroatoms. The summed E-state index contributed by atoms with van der Waals surface area (Å²) in [6, 6.07) is 38.9. The first kappa shape index (κ1) is 46.1. The number of benzene rings is 4. The van der Waals surface area contributed by atoms with Gasteiger partial charge in [0.1, 0.15) is 0 Å². The number of aromatic nitrogens is 4. The number of anilines is 4. The lowest BCUT2D eigenvalue weighted by molar-refractivity contribution is -0.118. The van der Waals surface area contributed by atoms with Gasteiger partial charge >= 0.3 is 0 Å². The van der Waals surface area contributed by atoms with Crippen molar-refractivity contribution in [3.8, 4) is 44.5 Å². The van der Waals surface area contributed by atoms with Crippen molar-refractivity contribution < 1.29 is 19.2 Å². The molecule has 14 bridgehead atoms. The summed E-state index contributed by atoms with van der Waals surface area (Å²) in [5.74, 6) is -0.995. The predicted octanol–water partition coefficient (Wildman–Crippen LogP) is 9.21. The van der Waals surface area contributed by atoms with Crippen molar-refractivity contribution in [2.75, 3.05) is 80.2 Å². The van der Waals surface area contributed by atoms with Crippen LogP contribution in [0.15, 0.2) is 134 Å². The van der Waals surface area contributed by atoms with Crippen molar-refractivity contribution in [1.82, 2.24) is 34.6 Å². The molecule has 5 aliphatic rings. The number of hydrogen-bond donors (Lipinski definition) is 6. The van der Waals surface area contributed by atoms with E-state index < -0.39 is 0 Å². The Bertz CT molecular complexity index is 3660. The highest BCUT2D eigenvalue weighted by Crippen LogP contribution is 2.43. The topological polar surface area (TPSA) is 183 Å². The van der Waals surface area contributed by atoms with Crippen LogP contribution in [0.25, 0.3) is 90.9 Å². The van der Waals surface area contributed by atoms with Crippen molar-refractivity contribution in [2.24, 2.45) is 0 Å². The Labute approximate surface area is 426 Å². The van der Waals surface area contributed by atoms with Gasteiger partial charge in [0, 0.05) is 129 Å². The maximum absolute atomic E-state index is 14.5. The van der Waals surface area contributed by atoms with Crippen molar-refractivity contribution in [2.45, 2.75) is 0 Å². The molecule has 1 fully saturated rings. The second-order valence-corrected chi connectivity index (χ2v) is 18.9. The smallest absolute Gasteiger partial charge is 0.247 e. The Balaban J connectivity index is 1.26. The number of aromatic amines is 2. The molecule has 0 radical (unpaired) electrons. The highest BCUT2D eigenvalue weighted by Gasteiger charge is 2.27. The number of H-pyrrole nitrogens is 2. The molecule has 1 saturated heterocycles. The number of carbonyl (C=O) groups excluding carboxylic acids is 4. The van der Waals surface area contributed by atoms with Gasteiger partial charge in [-0.25, -0.2) is 9.97 Å². The third-order valence-corrected chi connectivity index (χ3v) is 14.1. The highest BCUT2D eigenvalue weighted by atomic mass is 16.2. The van der Waals surface area contributed by atoms with Gasteiger partial charge in [0.15, 0.2) is 0 Å². The van der Waals surface area contributed by atoms with E-state index in [1.165, 1.54) is 6.08 Å². The van der Waals surface area contributed by atoms with Gasteiger partial charge in [-0.05, 0) is 78.9 Å². The molecule has 3 atom stereocenters. The Morgan fingerprint density at radius 1 is 0.446 bits per heavy atom. The van der Waals surface area contributed by atoms with Crippen LogP contribution in [0.1, 0.15) is 22.8 Å². The summed E-state index contributed by atoms with van der Waals surface area (Å²) in [4.78, 5) is 81.2. The molecule has 3 unspecified atom stereocenters. The number of amides is 4. The van der Waals surface area contributed by atoms with E-state index in [9.17, 15) is 19.2 Å². The highest BCUT2D eigenvalue weighted by molar-refractivity contribution is 6.08. The van der Waals surface area contributed by atoms with Crippen LogP contribution < -0.4 is 21.3 Å². The van der Waals surface area contributed by atoms with Gasteiger partial charge in [-0.15, -0.1) is 0 Å². The molecule has 3 aromatic heterocycles. The molecule has 0 aliphatic carbocycles. The Morgan fingerprint density at radius 3 is 1.11 bits per heavy atom. The molecular weight excluding hydrogens is 927 g/mol. The number of nitrogens with one attached hydrogen (secondary N) is 6. The van der Waals surface area contributed by atoms with Crippen LogP contribution in [-0.4, -0.2) is 117 Å². The molecule has 366 valence electrons. The van der Waals surface area contributed by atoms with Crippen LogP contribution in [0, 0.1) is 0 Å². The van der Waals surface area contributed by atoms with Crippen LogP contribution in [0.3, 0.4) is 0 Å². The van der Waals surface area contributed by atoms with Crippen molar-refractivity contribution in [3.63, 3.8) is 0 Å². The Kier molecular flexibility index (Phi) is 12.2. The third kappa shape index (κ3) is 9.00. The molecule has 0 spiro atoms. The molecule has 4 aromatic carbocycles. The summed E-state index contributed by atoms with van der Waals surface area (Å²) >= 11 is 0. The van der Waals surface area contributed by atoms with E-state index in [-0.39, 0.29) is 43.3 Å². The number of hydrogen-bond acceptors (Lipinski definition) is 9. The summed E-state index contributed by atoms with van der Waals surface area (Å²) in [5, 5.41) is 12.9. The summed E-state index contributed by atoms with van der Waals surface area (Å²) in [7, 11) is 0. The van der Waals surface area contributed by atoms with Crippen LogP contribution >= 0.6 is 0 Å². The fourth-order valence-corrected chi connectivity index (χ4v) is 10.6. The molecule has 12 rings (SSSR count). The van der Waals surface area contributed by atoms with E-state index >= 15 is 0 Å². The zero-order valence-corrected chi connectivity index (χ0v) is 40.4. The number of nitrogens with zero attached hydrogens (tertiary/aromatic N) is 5. The molecule has 0 saturated carbocycles. The first-order valence-corrected chi connectivity index (χ1v) is 24.8. The van der Waals surface area contributed by atoms with E-state index in [2.05, 4.69) is 52.5 Å². The monoisotopic (exact) mass is 977 g/mol. The van der Waals surface area contributed by atoms with Gasteiger partial charge in [0.25, 0.3) is 0 Å². The molecule has 7 aromatic rings. The number of fused-ring (bicyclic) bond motifs is 16. The van der Waals surface area contributed by atoms with E-state index in [0.29, 0.717) is 118 Å². The van der Waals surface area contributed by atoms with Crippen LogP contribution in [0.2, 0.25) is 0 Å². The Morgan fingerprint density at radius 2 is 0.757 bits per heavy atom. The fourth-order valence-electron chi connectivity index (χ4n) is 10.6. The maximum Gasteiger partial charge on any atom is 0.247 e. The molecular formula is C59H51N11O4. The number of rotatable bonds is 3. The first-order chi connectivity index (χ1) is 36.2. The summed E-state index contributed by atoms with van der Waals surface area (Å²) in [5.41, 5.74) is 13.4. The van der Waals surface area contributed by atoms with Crippen molar-refractivity contribution >= 4 is 92.7 Å². The first-order valence-electron chi connectivity index (χ1n) is 24.8. The summed E-state index contributed by atoms with van der Waals surface area (Å²) in [6.07, 6.45) is 9.15. The van der Waals surface area contributed by atoms with Crippen LogP contribution in [0.4, 0.5) is 22.7 Å².